The molecule has 2 rings (SSSR count). The molecular formula is C16H28N4. The Hall–Kier alpha value is -1.13. The Labute approximate surface area is 123 Å². The SMILES string of the molecule is CC(C)(C)NCCCN1CCN(c2ccccn2)CC1. The molecule has 1 aromatic heterocycles. The molecule has 1 fully saturated rings. The van der Waals surface area contributed by atoms with Gasteiger partial charge >= 0.3 is 0 Å². The lowest BCUT2D eigenvalue weighted by Crippen LogP contribution is -2.47. The lowest BCUT2D eigenvalue weighted by atomic mass is 10.1. The van der Waals surface area contributed by atoms with E-state index in [4.69, 9.17) is 0 Å². The second kappa shape index (κ2) is 7.04. The van der Waals surface area contributed by atoms with Crippen LogP contribution in [0.3, 0.4) is 0 Å². The van der Waals surface area contributed by atoms with E-state index in [0.29, 0.717) is 0 Å². The van der Waals surface area contributed by atoms with Crippen LogP contribution in [-0.2, 0) is 0 Å². The van der Waals surface area contributed by atoms with Crippen LogP contribution in [0.4, 0.5) is 5.82 Å². The number of hydrogen-bond donors (Lipinski definition) is 1. The van der Waals surface area contributed by atoms with Gasteiger partial charge in [0.2, 0.25) is 0 Å². The zero-order chi connectivity index (χ0) is 14.4. The first-order valence-electron chi connectivity index (χ1n) is 7.68. The van der Waals surface area contributed by atoms with Gasteiger partial charge < -0.3 is 10.2 Å². The molecule has 0 atom stereocenters. The summed E-state index contributed by atoms with van der Waals surface area (Å²) in [4.78, 5) is 9.37. The van der Waals surface area contributed by atoms with Crippen molar-refractivity contribution in [1.82, 2.24) is 15.2 Å². The number of nitrogens with zero attached hydrogens (tertiary/aromatic N) is 3. The Morgan fingerprint density at radius 3 is 2.50 bits per heavy atom. The van der Waals surface area contributed by atoms with E-state index >= 15 is 0 Å². The largest absolute Gasteiger partial charge is 0.354 e. The first-order valence-corrected chi connectivity index (χ1v) is 7.68. The Kier molecular flexibility index (Phi) is 5.38. The maximum Gasteiger partial charge on any atom is 0.128 e. The second-order valence-corrected chi connectivity index (χ2v) is 6.55. The van der Waals surface area contributed by atoms with Crippen molar-refractivity contribution in [2.75, 3.05) is 44.2 Å². The van der Waals surface area contributed by atoms with Gasteiger partial charge in [-0.2, -0.15) is 0 Å². The van der Waals surface area contributed by atoms with Gasteiger partial charge in [0.25, 0.3) is 0 Å². The summed E-state index contributed by atoms with van der Waals surface area (Å²) in [5.41, 5.74) is 0.234. The van der Waals surface area contributed by atoms with E-state index in [1.165, 1.54) is 13.0 Å². The molecule has 0 unspecified atom stereocenters. The third-order valence-corrected chi connectivity index (χ3v) is 3.65. The van der Waals surface area contributed by atoms with Crippen LogP contribution in [0, 0.1) is 0 Å². The quantitative estimate of drug-likeness (QED) is 0.833. The summed E-state index contributed by atoms with van der Waals surface area (Å²) in [5, 5.41) is 3.55. The zero-order valence-corrected chi connectivity index (χ0v) is 13.1. The van der Waals surface area contributed by atoms with Gasteiger partial charge in [-0.3, -0.25) is 4.90 Å². The fourth-order valence-electron chi connectivity index (χ4n) is 2.51. The second-order valence-electron chi connectivity index (χ2n) is 6.55. The first-order chi connectivity index (χ1) is 9.54. The lowest BCUT2D eigenvalue weighted by molar-refractivity contribution is 0.250. The van der Waals surface area contributed by atoms with E-state index in [-0.39, 0.29) is 5.54 Å². The minimum atomic E-state index is 0.234. The summed E-state index contributed by atoms with van der Waals surface area (Å²) < 4.78 is 0. The van der Waals surface area contributed by atoms with Crippen molar-refractivity contribution >= 4 is 5.82 Å². The average Bonchev–Trinajstić information content (AvgIpc) is 2.44. The smallest absolute Gasteiger partial charge is 0.128 e. The standard InChI is InChI=1S/C16H28N4/c1-16(2,3)18-9-6-10-19-11-13-20(14-12-19)15-7-4-5-8-17-15/h4-5,7-8,18H,6,9-14H2,1-3H3. The van der Waals surface area contributed by atoms with E-state index in [1.54, 1.807) is 0 Å². The van der Waals surface area contributed by atoms with Gasteiger partial charge in [-0.15, -0.1) is 0 Å². The fourth-order valence-corrected chi connectivity index (χ4v) is 2.51. The average molecular weight is 276 g/mol. The van der Waals surface area contributed by atoms with Crippen molar-refractivity contribution in [2.45, 2.75) is 32.7 Å². The van der Waals surface area contributed by atoms with E-state index in [1.807, 2.05) is 12.3 Å². The lowest BCUT2D eigenvalue weighted by Gasteiger charge is -2.35. The molecule has 0 bridgehead atoms. The highest BCUT2D eigenvalue weighted by molar-refractivity contribution is 5.38. The van der Waals surface area contributed by atoms with Crippen LogP contribution in [0.5, 0.6) is 0 Å². The number of rotatable bonds is 5. The number of aromatic nitrogens is 1. The molecule has 1 aliphatic heterocycles. The van der Waals surface area contributed by atoms with Gasteiger partial charge in [0, 0.05) is 37.9 Å². The molecule has 1 aromatic rings. The highest BCUT2D eigenvalue weighted by atomic mass is 15.3. The van der Waals surface area contributed by atoms with Crippen LogP contribution >= 0.6 is 0 Å². The maximum absolute atomic E-state index is 4.43. The molecular weight excluding hydrogens is 248 g/mol. The zero-order valence-electron chi connectivity index (χ0n) is 13.1. The van der Waals surface area contributed by atoms with Crippen LogP contribution < -0.4 is 10.2 Å². The van der Waals surface area contributed by atoms with E-state index in [0.717, 1.165) is 38.5 Å². The molecule has 4 heteroatoms. The Bertz CT molecular complexity index is 377. The summed E-state index contributed by atoms with van der Waals surface area (Å²) >= 11 is 0. The molecule has 1 N–H and O–H groups in total. The van der Waals surface area contributed by atoms with Crippen molar-refractivity contribution < 1.29 is 0 Å². The van der Waals surface area contributed by atoms with Gasteiger partial charge in [-0.25, -0.2) is 4.98 Å². The van der Waals surface area contributed by atoms with Crippen LogP contribution in [0.1, 0.15) is 27.2 Å². The van der Waals surface area contributed by atoms with Gasteiger partial charge in [0.05, 0.1) is 0 Å². The summed E-state index contributed by atoms with van der Waals surface area (Å²) in [6.45, 7) is 13.4. The Balaban J connectivity index is 1.65. The fraction of sp³-hybridized carbons (Fsp3) is 0.688. The molecule has 0 radical (unpaired) electrons. The predicted molar refractivity (Wildman–Crippen MR) is 85.3 cm³/mol. The summed E-state index contributed by atoms with van der Waals surface area (Å²) in [5.74, 6) is 1.11. The summed E-state index contributed by atoms with van der Waals surface area (Å²) in [7, 11) is 0. The number of piperazine rings is 1. The topological polar surface area (TPSA) is 31.4 Å². The predicted octanol–water partition coefficient (Wildman–Crippen LogP) is 1.98. The Morgan fingerprint density at radius 2 is 1.90 bits per heavy atom. The van der Waals surface area contributed by atoms with E-state index < -0.39 is 0 Å². The summed E-state index contributed by atoms with van der Waals surface area (Å²) in [6, 6.07) is 6.14. The minimum Gasteiger partial charge on any atom is -0.354 e. The van der Waals surface area contributed by atoms with Gasteiger partial charge in [0.1, 0.15) is 5.82 Å². The molecule has 0 aliphatic carbocycles. The molecule has 0 aromatic carbocycles. The van der Waals surface area contributed by atoms with Gasteiger partial charge in [0.15, 0.2) is 0 Å². The molecule has 2 heterocycles. The number of anilines is 1. The van der Waals surface area contributed by atoms with Gasteiger partial charge in [-0.05, 0) is 52.4 Å². The van der Waals surface area contributed by atoms with Crippen molar-refractivity contribution in [2.24, 2.45) is 0 Å². The van der Waals surface area contributed by atoms with Crippen LogP contribution in [0.2, 0.25) is 0 Å². The normalized spacial score (nSPS) is 17.4. The van der Waals surface area contributed by atoms with Crippen LogP contribution in [0.25, 0.3) is 0 Å². The van der Waals surface area contributed by atoms with Crippen LogP contribution in [0.15, 0.2) is 24.4 Å². The highest BCUT2D eigenvalue weighted by Gasteiger charge is 2.17. The first kappa shape index (κ1) is 15.3. The van der Waals surface area contributed by atoms with Crippen molar-refractivity contribution in [3.05, 3.63) is 24.4 Å². The van der Waals surface area contributed by atoms with Crippen LogP contribution in [-0.4, -0.2) is 54.7 Å². The van der Waals surface area contributed by atoms with Crippen molar-refractivity contribution in [3.63, 3.8) is 0 Å². The molecule has 1 saturated heterocycles. The molecule has 4 nitrogen and oxygen atoms in total. The van der Waals surface area contributed by atoms with E-state index in [9.17, 15) is 0 Å². The molecule has 0 saturated carbocycles. The molecule has 112 valence electrons. The Morgan fingerprint density at radius 1 is 1.15 bits per heavy atom. The molecule has 0 amide bonds. The van der Waals surface area contributed by atoms with Crippen molar-refractivity contribution in [3.8, 4) is 0 Å². The third-order valence-electron chi connectivity index (χ3n) is 3.65. The molecule has 0 spiro atoms. The van der Waals surface area contributed by atoms with E-state index in [2.05, 4.69) is 53.0 Å². The number of nitrogens with one attached hydrogen (secondary N) is 1. The third kappa shape index (κ3) is 5.10. The van der Waals surface area contributed by atoms with Gasteiger partial charge in [-0.1, -0.05) is 6.07 Å². The number of pyridine rings is 1. The monoisotopic (exact) mass is 276 g/mol. The number of hydrogen-bond acceptors (Lipinski definition) is 4. The van der Waals surface area contributed by atoms with Crippen molar-refractivity contribution in [1.29, 1.82) is 0 Å². The summed E-state index contributed by atoms with van der Waals surface area (Å²) in [6.07, 6.45) is 3.10. The maximum atomic E-state index is 4.43. The molecule has 1 aliphatic rings. The minimum absolute atomic E-state index is 0.234. The highest BCUT2D eigenvalue weighted by Crippen LogP contribution is 2.12. The molecule has 20 heavy (non-hydrogen) atoms.